The molecule has 27 heavy (non-hydrogen) atoms. The van der Waals surface area contributed by atoms with Crippen LogP contribution in [0.15, 0.2) is 54.6 Å². The highest BCUT2D eigenvalue weighted by atomic mass is 16.3. The fourth-order valence-electron chi connectivity index (χ4n) is 2.99. The molecule has 5 nitrogen and oxygen atoms in total. The number of nitrogens with zero attached hydrogens (tertiary/aromatic N) is 1. The molecule has 0 aliphatic rings. The zero-order valence-corrected chi connectivity index (χ0v) is 16.0. The first-order valence-electron chi connectivity index (χ1n) is 9.47. The van der Waals surface area contributed by atoms with Crippen molar-refractivity contribution in [3.05, 3.63) is 65.7 Å². The predicted octanol–water partition coefficient (Wildman–Crippen LogP) is 3.38. The summed E-state index contributed by atoms with van der Waals surface area (Å²) >= 11 is 0. The second-order valence-corrected chi connectivity index (χ2v) is 6.59. The van der Waals surface area contributed by atoms with Gasteiger partial charge in [-0.2, -0.15) is 0 Å². The van der Waals surface area contributed by atoms with Gasteiger partial charge >= 0.3 is 0 Å². The van der Waals surface area contributed by atoms with Crippen LogP contribution in [0.3, 0.4) is 0 Å². The van der Waals surface area contributed by atoms with Crippen LogP contribution in [0, 0.1) is 0 Å². The third kappa shape index (κ3) is 6.13. The summed E-state index contributed by atoms with van der Waals surface area (Å²) in [4.78, 5) is 27.6. The van der Waals surface area contributed by atoms with Gasteiger partial charge in [0.25, 0.3) is 5.91 Å². The average Bonchev–Trinajstić information content (AvgIpc) is 2.69. The van der Waals surface area contributed by atoms with Crippen molar-refractivity contribution in [2.24, 2.45) is 0 Å². The lowest BCUT2D eigenvalue weighted by Crippen LogP contribution is -2.50. The lowest BCUT2D eigenvalue weighted by molar-refractivity contribution is -0.133. The fraction of sp³-hybridized carbons (Fsp3) is 0.364. The van der Waals surface area contributed by atoms with E-state index in [9.17, 15) is 14.7 Å². The molecule has 2 rings (SSSR count). The van der Waals surface area contributed by atoms with Crippen LogP contribution < -0.4 is 5.32 Å². The van der Waals surface area contributed by atoms with Gasteiger partial charge in [0, 0.05) is 25.1 Å². The van der Waals surface area contributed by atoms with Crippen molar-refractivity contribution in [2.75, 3.05) is 13.1 Å². The summed E-state index contributed by atoms with van der Waals surface area (Å²) in [6.07, 6.45) is 2.11. The molecule has 0 saturated heterocycles. The van der Waals surface area contributed by atoms with Crippen LogP contribution in [0.25, 0.3) is 0 Å². The third-order valence-electron chi connectivity index (χ3n) is 4.31. The van der Waals surface area contributed by atoms with Crippen molar-refractivity contribution in [1.29, 1.82) is 0 Å². The van der Waals surface area contributed by atoms with E-state index in [0.717, 1.165) is 18.4 Å². The van der Waals surface area contributed by atoms with Crippen molar-refractivity contribution in [3.8, 4) is 5.75 Å². The van der Waals surface area contributed by atoms with Gasteiger partial charge in [-0.05, 0) is 42.7 Å². The summed E-state index contributed by atoms with van der Waals surface area (Å²) in [5.74, 6) is -0.162. The average molecular weight is 368 g/mol. The third-order valence-corrected chi connectivity index (χ3v) is 4.31. The second kappa shape index (κ2) is 10.4. The van der Waals surface area contributed by atoms with Crippen molar-refractivity contribution >= 4 is 11.8 Å². The van der Waals surface area contributed by atoms with Gasteiger partial charge in [-0.1, -0.05) is 44.2 Å². The zero-order valence-electron chi connectivity index (χ0n) is 16.0. The molecule has 0 radical (unpaired) electrons. The molecule has 0 bridgehead atoms. The quantitative estimate of drug-likeness (QED) is 0.713. The summed E-state index contributed by atoms with van der Waals surface area (Å²) < 4.78 is 0. The molecule has 0 heterocycles. The van der Waals surface area contributed by atoms with E-state index in [2.05, 4.69) is 5.32 Å². The summed E-state index contributed by atoms with van der Waals surface area (Å²) in [6.45, 7) is 5.40. The van der Waals surface area contributed by atoms with Gasteiger partial charge in [0.2, 0.25) is 5.91 Å². The lowest BCUT2D eigenvalue weighted by Gasteiger charge is -2.27. The highest BCUT2D eigenvalue weighted by Crippen LogP contribution is 2.13. The maximum Gasteiger partial charge on any atom is 0.251 e. The standard InChI is InChI=1S/C22H28N2O3/c1-3-14-24(15-4-2)22(27)20(16-17-10-12-19(25)13-11-17)23-21(26)18-8-6-5-7-9-18/h5-13,20,25H,3-4,14-16H2,1-2H3,(H,23,26). The topological polar surface area (TPSA) is 69.6 Å². The number of hydrogen-bond donors (Lipinski definition) is 2. The molecule has 0 fully saturated rings. The molecular formula is C22H28N2O3. The van der Waals surface area contributed by atoms with Crippen LogP contribution >= 0.6 is 0 Å². The monoisotopic (exact) mass is 368 g/mol. The number of aromatic hydroxyl groups is 1. The molecule has 144 valence electrons. The number of carbonyl (C=O) groups is 2. The first-order valence-corrected chi connectivity index (χ1v) is 9.47. The van der Waals surface area contributed by atoms with Crippen LogP contribution in [0.2, 0.25) is 0 Å². The minimum absolute atomic E-state index is 0.0731. The summed E-state index contributed by atoms with van der Waals surface area (Å²) in [5.41, 5.74) is 1.41. The van der Waals surface area contributed by atoms with Crippen LogP contribution in [-0.2, 0) is 11.2 Å². The Labute approximate surface area is 161 Å². The van der Waals surface area contributed by atoms with E-state index in [4.69, 9.17) is 0 Å². The molecule has 0 aliphatic heterocycles. The molecule has 0 spiro atoms. The Bertz CT molecular complexity index is 723. The molecule has 2 aromatic carbocycles. The van der Waals surface area contributed by atoms with Gasteiger partial charge in [0.05, 0.1) is 0 Å². The van der Waals surface area contributed by atoms with Gasteiger partial charge < -0.3 is 15.3 Å². The Kier molecular flexibility index (Phi) is 7.86. The Balaban J connectivity index is 2.22. The first kappa shape index (κ1) is 20.5. The lowest BCUT2D eigenvalue weighted by atomic mass is 10.0. The molecule has 0 aromatic heterocycles. The van der Waals surface area contributed by atoms with E-state index in [1.54, 1.807) is 48.5 Å². The highest BCUT2D eigenvalue weighted by molar-refractivity contribution is 5.97. The maximum atomic E-state index is 13.1. The largest absolute Gasteiger partial charge is 0.508 e. The molecule has 2 aromatic rings. The number of benzene rings is 2. The minimum Gasteiger partial charge on any atom is -0.508 e. The normalized spacial score (nSPS) is 11.6. The van der Waals surface area contributed by atoms with E-state index < -0.39 is 6.04 Å². The number of phenolic OH excluding ortho intramolecular Hbond substituents is 1. The second-order valence-electron chi connectivity index (χ2n) is 6.59. The number of carbonyl (C=O) groups excluding carboxylic acids is 2. The van der Waals surface area contributed by atoms with Gasteiger partial charge in [-0.3, -0.25) is 9.59 Å². The van der Waals surface area contributed by atoms with E-state index in [1.807, 2.05) is 24.8 Å². The smallest absolute Gasteiger partial charge is 0.251 e. The van der Waals surface area contributed by atoms with Crippen molar-refractivity contribution < 1.29 is 14.7 Å². The van der Waals surface area contributed by atoms with Crippen LogP contribution in [0.1, 0.15) is 42.6 Å². The molecule has 2 N–H and O–H groups in total. The van der Waals surface area contributed by atoms with Gasteiger partial charge in [0.15, 0.2) is 0 Å². The van der Waals surface area contributed by atoms with E-state index >= 15 is 0 Å². The SMILES string of the molecule is CCCN(CCC)C(=O)C(Cc1ccc(O)cc1)NC(=O)c1ccccc1. The number of amides is 2. The maximum absolute atomic E-state index is 13.1. The Morgan fingerprint density at radius 2 is 1.56 bits per heavy atom. The zero-order chi connectivity index (χ0) is 19.6. The van der Waals surface area contributed by atoms with E-state index in [1.165, 1.54) is 0 Å². The van der Waals surface area contributed by atoms with Crippen molar-refractivity contribution in [3.63, 3.8) is 0 Å². The van der Waals surface area contributed by atoms with Gasteiger partial charge in [-0.25, -0.2) is 0 Å². The van der Waals surface area contributed by atoms with Crippen molar-refractivity contribution in [2.45, 2.75) is 39.2 Å². The van der Waals surface area contributed by atoms with Gasteiger partial charge in [-0.15, -0.1) is 0 Å². The Hall–Kier alpha value is -2.82. The molecule has 2 amide bonds. The Morgan fingerprint density at radius 3 is 2.11 bits per heavy atom. The van der Waals surface area contributed by atoms with Crippen LogP contribution in [0.4, 0.5) is 0 Å². The predicted molar refractivity (Wildman–Crippen MR) is 107 cm³/mol. The molecule has 1 unspecified atom stereocenters. The number of rotatable bonds is 9. The number of nitrogens with one attached hydrogen (secondary N) is 1. The first-order chi connectivity index (χ1) is 13.0. The fourth-order valence-corrected chi connectivity index (χ4v) is 2.99. The summed E-state index contributed by atoms with van der Waals surface area (Å²) in [7, 11) is 0. The molecule has 1 atom stereocenters. The van der Waals surface area contributed by atoms with Crippen LogP contribution in [-0.4, -0.2) is 41.0 Å². The molecule has 0 saturated carbocycles. The molecular weight excluding hydrogens is 340 g/mol. The van der Waals surface area contributed by atoms with Gasteiger partial charge in [0.1, 0.15) is 11.8 Å². The minimum atomic E-state index is -0.652. The highest BCUT2D eigenvalue weighted by Gasteiger charge is 2.26. The van der Waals surface area contributed by atoms with E-state index in [0.29, 0.717) is 25.1 Å². The van der Waals surface area contributed by atoms with Crippen molar-refractivity contribution in [1.82, 2.24) is 10.2 Å². The Morgan fingerprint density at radius 1 is 0.963 bits per heavy atom. The number of phenols is 1. The molecule has 5 heteroatoms. The van der Waals surface area contributed by atoms with Crippen LogP contribution in [0.5, 0.6) is 5.75 Å². The van der Waals surface area contributed by atoms with E-state index in [-0.39, 0.29) is 17.6 Å². The molecule has 0 aliphatic carbocycles. The summed E-state index contributed by atoms with van der Waals surface area (Å²) in [5, 5.41) is 12.4. The number of hydrogen-bond acceptors (Lipinski definition) is 3. The summed E-state index contributed by atoms with van der Waals surface area (Å²) in [6, 6.07) is 15.0.